The van der Waals surface area contributed by atoms with Gasteiger partial charge in [0.2, 0.25) is 0 Å². The number of halogens is 1. The fourth-order valence-electron chi connectivity index (χ4n) is 2.51. The third-order valence-electron chi connectivity index (χ3n) is 4.07. The molecule has 0 bridgehead atoms. The molecule has 0 aliphatic rings. The normalized spacial score (nSPS) is 10.3. The van der Waals surface area contributed by atoms with Gasteiger partial charge in [0.1, 0.15) is 5.75 Å². The van der Waals surface area contributed by atoms with Gasteiger partial charge in [-0.05, 0) is 59.7 Å². The van der Waals surface area contributed by atoms with E-state index < -0.39 is 5.91 Å². The average molecular weight is 472 g/mol. The van der Waals surface area contributed by atoms with Gasteiger partial charge < -0.3 is 4.74 Å². The van der Waals surface area contributed by atoms with Gasteiger partial charge in [-0.25, -0.2) is 0 Å². The van der Waals surface area contributed by atoms with E-state index in [1.807, 2.05) is 49.4 Å². The number of nitrogens with one attached hydrogen (secondary N) is 3. The molecule has 2 amide bonds. The first kappa shape index (κ1) is 20.8. The Hall–Kier alpha value is -2.97. The van der Waals surface area contributed by atoms with Crippen LogP contribution in [0.15, 0.2) is 65.1 Å². The molecule has 0 spiro atoms. The van der Waals surface area contributed by atoms with E-state index >= 15 is 0 Å². The molecule has 8 heteroatoms. The highest BCUT2D eigenvalue weighted by atomic mass is 79.9. The van der Waals surface area contributed by atoms with Crippen molar-refractivity contribution in [3.8, 4) is 5.75 Å². The van der Waals surface area contributed by atoms with Gasteiger partial charge in [-0.3, -0.25) is 25.8 Å². The molecule has 0 aliphatic heterocycles. The highest BCUT2D eigenvalue weighted by Gasteiger charge is 2.10. The first-order valence-corrected chi connectivity index (χ1v) is 9.90. The van der Waals surface area contributed by atoms with Crippen LogP contribution in [-0.2, 0) is 4.79 Å². The van der Waals surface area contributed by atoms with Crippen LogP contribution in [0.25, 0.3) is 10.8 Å². The van der Waals surface area contributed by atoms with E-state index in [-0.39, 0.29) is 17.6 Å². The molecular formula is C21H18BrN3O3S. The fourth-order valence-corrected chi connectivity index (χ4v) is 3.03. The topological polar surface area (TPSA) is 79.5 Å². The van der Waals surface area contributed by atoms with Crippen LogP contribution in [0, 0.1) is 6.92 Å². The Labute approximate surface area is 181 Å². The number of ether oxygens (including phenoxy) is 1. The van der Waals surface area contributed by atoms with E-state index in [4.69, 9.17) is 17.0 Å². The van der Waals surface area contributed by atoms with Gasteiger partial charge in [-0.1, -0.05) is 52.3 Å². The SMILES string of the molecule is Cc1ccc(C(=O)NC(=S)NNC(=O)COc2ccc3ccccc3c2)cc1Br. The molecule has 0 fully saturated rings. The highest BCUT2D eigenvalue weighted by Crippen LogP contribution is 2.20. The zero-order chi connectivity index (χ0) is 20.8. The number of benzene rings is 3. The number of hydrogen-bond acceptors (Lipinski definition) is 4. The van der Waals surface area contributed by atoms with E-state index in [9.17, 15) is 9.59 Å². The fraction of sp³-hybridized carbons (Fsp3) is 0.0952. The number of hydrogen-bond donors (Lipinski definition) is 3. The predicted octanol–water partition coefficient (Wildman–Crippen LogP) is 3.63. The lowest BCUT2D eigenvalue weighted by Gasteiger charge is -2.12. The summed E-state index contributed by atoms with van der Waals surface area (Å²) in [6.45, 7) is 1.72. The Morgan fingerprint density at radius 2 is 1.76 bits per heavy atom. The van der Waals surface area contributed by atoms with Crippen molar-refractivity contribution >= 4 is 55.8 Å². The quantitative estimate of drug-likeness (QED) is 0.399. The minimum absolute atomic E-state index is 0.0225. The first-order chi connectivity index (χ1) is 13.9. The van der Waals surface area contributed by atoms with Crippen LogP contribution < -0.4 is 20.9 Å². The Kier molecular flexibility index (Phi) is 6.79. The first-order valence-electron chi connectivity index (χ1n) is 8.70. The molecule has 0 atom stereocenters. The minimum Gasteiger partial charge on any atom is -0.484 e. The van der Waals surface area contributed by atoms with Crippen molar-refractivity contribution in [3.05, 3.63) is 76.3 Å². The molecule has 0 aromatic heterocycles. The van der Waals surface area contributed by atoms with Crippen LogP contribution in [0.5, 0.6) is 5.75 Å². The van der Waals surface area contributed by atoms with Crippen LogP contribution >= 0.6 is 28.1 Å². The summed E-state index contributed by atoms with van der Waals surface area (Å²) < 4.78 is 6.32. The molecule has 3 N–H and O–H groups in total. The number of carbonyl (C=O) groups excluding carboxylic acids is 2. The molecular weight excluding hydrogens is 454 g/mol. The molecule has 29 heavy (non-hydrogen) atoms. The maximum Gasteiger partial charge on any atom is 0.276 e. The molecule has 3 aromatic carbocycles. The smallest absolute Gasteiger partial charge is 0.276 e. The third kappa shape index (κ3) is 5.75. The molecule has 3 aromatic rings. The van der Waals surface area contributed by atoms with Crippen LogP contribution in [0.1, 0.15) is 15.9 Å². The van der Waals surface area contributed by atoms with E-state index in [2.05, 4.69) is 32.1 Å². The van der Waals surface area contributed by atoms with Crippen LogP contribution in [0.3, 0.4) is 0 Å². The summed E-state index contributed by atoms with van der Waals surface area (Å²) in [5, 5.41) is 4.59. The summed E-state index contributed by atoms with van der Waals surface area (Å²) in [7, 11) is 0. The van der Waals surface area contributed by atoms with Gasteiger partial charge in [-0.15, -0.1) is 0 Å². The summed E-state index contributed by atoms with van der Waals surface area (Å²) in [5.74, 6) is -0.239. The second-order valence-electron chi connectivity index (χ2n) is 6.22. The van der Waals surface area contributed by atoms with Crippen molar-refractivity contribution in [2.24, 2.45) is 0 Å². The van der Waals surface area contributed by atoms with Crippen molar-refractivity contribution in [1.29, 1.82) is 0 Å². The van der Waals surface area contributed by atoms with E-state index in [1.54, 1.807) is 18.2 Å². The Balaban J connectivity index is 1.45. The summed E-state index contributed by atoms with van der Waals surface area (Å²) in [6.07, 6.45) is 0. The lowest BCUT2D eigenvalue weighted by Crippen LogP contribution is -2.49. The summed E-state index contributed by atoms with van der Waals surface area (Å²) in [6, 6.07) is 18.7. The number of hydrazine groups is 1. The lowest BCUT2D eigenvalue weighted by atomic mass is 10.1. The number of aryl methyl sites for hydroxylation is 1. The monoisotopic (exact) mass is 471 g/mol. The van der Waals surface area contributed by atoms with Gasteiger partial charge in [0, 0.05) is 10.0 Å². The second kappa shape index (κ2) is 9.49. The maximum absolute atomic E-state index is 12.2. The van der Waals surface area contributed by atoms with Gasteiger partial charge in [0.05, 0.1) is 0 Å². The third-order valence-corrected chi connectivity index (χ3v) is 5.13. The highest BCUT2D eigenvalue weighted by molar-refractivity contribution is 9.10. The summed E-state index contributed by atoms with van der Waals surface area (Å²) >= 11 is 8.41. The Morgan fingerprint density at radius 1 is 1.00 bits per heavy atom. The number of amides is 2. The standard InChI is InChI=1S/C21H18BrN3O3S/c1-13-6-7-16(11-18(13)22)20(27)23-21(29)25-24-19(26)12-28-17-9-8-14-4-2-3-5-15(14)10-17/h2-11H,12H2,1H3,(H,24,26)(H2,23,25,27,29). The van der Waals surface area contributed by atoms with E-state index in [1.165, 1.54) is 0 Å². The van der Waals surface area contributed by atoms with Crippen molar-refractivity contribution < 1.29 is 14.3 Å². The summed E-state index contributed by atoms with van der Waals surface area (Å²) in [5.41, 5.74) is 6.33. The van der Waals surface area contributed by atoms with Gasteiger partial charge >= 0.3 is 0 Å². The van der Waals surface area contributed by atoms with E-state index in [0.29, 0.717) is 11.3 Å². The van der Waals surface area contributed by atoms with Crippen molar-refractivity contribution in [1.82, 2.24) is 16.2 Å². The van der Waals surface area contributed by atoms with Crippen molar-refractivity contribution in [2.75, 3.05) is 6.61 Å². The molecule has 0 aliphatic carbocycles. The second-order valence-corrected chi connectivity index (χ2v) is 7.48. The molecule has 148 valence electrons. The number of thiocarbonyl (C=S) groups is 1. The minimum atomic E-state index is -0.437. The van der Waals surface area contributed by atoms with Crippen molar-refractivity contribution in [3.63, 3.8) is 0 Å². The lowest BCUT2D eigenvalue weighted by molar-refractivity contribution is -0.123. The Morgan fingerprint density at radius 3 is 2.52 bits per heavy atom. The van der Waals surface area contributed by atoms with E-state index in [0.717, 1.165) is 20.8 Å². The zero-order valence-electron chi connectivity index (χ0n) is 15.5. The molecule has 0 radical (unpaired) electrons. The molecule has 0 saturated carbocycles. The largest absolute Gasteiger partial charge is 0.484 e. The van der Waals surface area contributed by atoms with Crippen LogP contribution in [0.4, 0.5) is 0 Å². The average Bonchev–Trinajstić information content (AvgIpc) is 2.72. The predicted molar refractivity (Wildman–Crippen MR) is 120 cm³/mol. The van der Waals surface area contributed by atoms with Crippen LogP contribution in [0.2, 0.25) is 0 Å². The molecule has 6 nitrogen and oxygen atoms in total. The Bertz CT molecular complexity index is 1090. The number of rotatable bonds is 4. The molecule has 0 heterocycles. The number of fused-ring (bicyclic) bond motifs is 1. The molecule has 3 rings (SSSR count). The molecule has 0 unspecified atom stereocenters. The zero-order valence-corrected chi connectivity index (χ0v) is 17.9. The molecule has 0 saturated heterocycles. The van der Waals surface area contributed by atoms with Gasteiger partial charge in [0.25, 0.3) is 11.8 Å². The maximum atomic E-state index is 12.2. The van der Waals surface area contributed by atoms with Crippen LogP contribution in [-0.4, -0.2) is 23.5 Å². The number of carbonyl (C=O) groups is 2. The van der Waals surface area contributed by atoms with Gasteiger partial charge in [0.15, 0.2) is 11.7 Å². The van der Waals surface area contributed by atoms with Crippen molar-refractivity contribution in [2.45, 2.75) is 6.92 Å². The van der Waals surface area contributed by atoms with Gasteiger partial charge in [-0.2, -0.15) is 0 Å². The summed E-state index contributed by atoms with van der Waals surface area (Å²) in [4.78, 5) is 24.1.